The fraction of sp³-hybridized carbons (Fsp3) is 0.188. The van der Waals surface area contributed by atoms with Crippen LogP contribution in [0.1, 0.15) is 20.8 Å². The van der Waals surface area contributed by atoms with Gasteiger partial charge in [0.05, 0.1) is 28.8 Å². The number of nitrogens with one attached hydrogen (secondary N) is 1. The molecule has 10 heteroatoms. The number of carbonyl (C=O) groups is 1. The van der Waals surface area contributed by atoms with Gasteiger partial charge in [-0.25, -0.2) is 14.8 Å². The first-order chi connectivity index (χ1) is 12.2. The highest BCUT2D eigenvalue weighted by atomic mass is 35.5. The largest absolute Gasteiger partial charge is 0.465 e. The van der Waals surface area contributed by atoms with Gasteiger partial charge < -0.3 is 10.1 Å². The summed E-state index contributed by atoms with van der Waals surface area (Å²) >= 11 is 7.13. The van der Waals surface area contributed by atoms with Gasteiger partial charge in [-0.05, 0) is 30.7 Å². The van der Waals surface area contributed by atoms with Crippen molar-refractivity contribution >= 4 is 50.6 Å². The molecule has 5 nitrogen and oxygen atoms in total. The summed E-state index contributed by atoms with van der Waals surface area (Å²) in [7, 11) is 1.26. The summed E-state index contributed by atoms with van der Waals surface area (Å²) in [6.07, 6.45) is -3.25. The number of benzene rings is 1. The van der Waals surface area contributed by atoms with E-state index in [0.29, 0.717) is 20.7 Å². The Hall–Kier alpha value is -2.39. The third-order valence-corrected chi connectivity index (χ3v) is 5.15. The Morgan fingerprint density at radius 2 is 2.04 bits per heavy atom. The monoisotopic (exact) mass is 401 g/mol. The van der Waals surface area contributed by atoms with Gasteiger partial charge in [0.2, 0.25) is 0 Å². The SMILES string of the molecule is COC(=O)c1sc2ncnc(Nc3cc(C(F)(F)F)ccc3Cl)c2c1C. The second kappa shape index (κ2) is 6.73. The molecule has 0 amide bonds. The number of anilines is 2. The van der Waals surface area contributed by atoms with Crippen molar-refractivity contribution in [2.75, 3.05) is 12.4 Å². The Morgan fingerprint density at radius 1 is 1.31 bits per heavy atom. The molecular formula is C16H11ClF3N3O2S. The zero-order valence-corrected chi connectivity index (χ0v) is 15.0. The van der Waals surface area contributed by atoms with Crippen LogP contribution in [0.2, 0.25) is 5.02 Å². The summed E-state index contributed by atoms with van der Waals surface area (Å²) in [5, 5.41) is 3.43. The van der Waals surface area contributed by atoms with Crippen molar-refractivity contribution < 1.29 is 22.7 Å². The average Bonchev–Trinajstić information content (AvgIpc) is 2.93. The third-order valence-electron chi connectivity index (χ3n) is 3.64. The van der Waals surface area contributed by atoms with Gasteiger partial charge in [0.15, 0.2) is 0 Å². The van der Waals surface area contributed by atoms with E-state index in [1.807, 2.05) is 0 Å². The Morgan fingerprint density at radius 3 is 2.69 bits per heavy atom. The van der Waals surface area contributed by atoms with E-state index in [0.717, 1.165) is 29.5 Å². The van der Waals surface area contributed by atoms with Crippen LogP contribution in [0.25, 0.3) is 10.2 Å². The Kier molecular flexibility index (Phi) is 4.76. The molecular weight excluding hydrogens is 391 g/mol. The van der Waals surface area contributed by atoms with Crippen molar-refractivity contribution in [1.82, 2.24) is 9.97 Å². The number of esters is 1. The summed E-state index contributed by atoms with van der Waals surface area (Å²) in [6.45, 7) is 1.69. The maximum Gasteiger partial charge on any atom is 0.416 e. The van der Waals surface area contributed by atoms with Crippen LogP contribution < -0.4 is 5.32 Å². The van der Waals surface area contributed by atoms with Crippen LogP contribution in [0.15, 0.2) is 24.5 Å². The number of aryl methyl sites for hydroxylation is 1. The topological polar surface area (TPSA) is 64.1 Å². The van der Waals surface area contributed by atoms with Gasteiger partial charge in [0.1, 0.15) is 21.9 Å². The van der Waals surface area contributed by atoms with Gasteiger partial charge in [-0.3, -0.25) is 0 Å². The van der Waals surface area contributed by atoms with Crippen LogP contribution in [0.5, 0.6) is 0 Å². The standard InChI is InChI=1S/C16H11ClF3N3O2S/c1-7-11-13(21-6-22-14(11)26-12(7)15(24)25-2)23-10-5-8(16(18,19)20)3-4-9(10)17/h3-6H,1-2H3,(H,21,22,23). The van der Waals surface area contributed by atoms with Crippen molar-refractivity contribution in [3.63, 3.8) is 0 Å². The number of nitrogens with zero attached hydrogens (tertiary/aromatic N) is 2. The summed E-state index contributed by atoms with van der Waals surface area (Å²) in [4.78, 5) is 20.9. The average molecular weight is 402 g/mol. The van der Waals surface area contributed by atoms with Gasteiger partial charge in [-0.1, -0.05) is 11.6 Å². The number of hydrogen-bond donors (Lipinski definition) is 1. The van der Waals surface area contributed by atoms with Crippen LogP contribution in [-0.4, -0.2) is 23.0 Å². The van der Waals surface area contributed by atoms with Crippen molar-refractivity contribution in [3.8, 4) is 0 Å². The van der Waals surface area contributed by atoms with Crippen LogP contribution in [0.4, 0.5) is 24.7 Å². The number of halogens is 4. The second-order valence-corrected chi connectivity index (χ2v) is 6.67. The minimum Gasteiger partial charge on any atom is -0.465 e. The number of rotatable bonds is 3. The van der Waals surface area contributed by atoms with E-state index in [-0.39, 0.29) is 16.5 Å². The predicted octanol–water partition coefficient (Wildman–Crippen LogP) is 5.20. The summed E-state index contributed by atoms with van der Waals surface area (Å²) in [5.41, 5.74) is -0.221. The lowest BCUT2D eigenvalue weighted by Gasteiger charge is -2.12. The first-order valence-corrected chi connectivity index (χ1v) is 8.38. The van der Waals surface area contributed by atoms with Crippen LogP contribution in [0.3, 0.4) is 0 Å². The number of fused-ring (bicyclic) bond motifs is 1. The number of aromatic nitrogens is 2. The first-order valence-electron chi connectivity index (χ1n) is 7.18. The first kappa shape index (κ1) is 18.4. The molecule has 0 radical (unpaired) electrons. The van der Waals surface area contributed by atoms with Gasteiger partial charge in [0, 0.05) is 0 Å². The number of alkyl halides is 3. The number of methoxy groups -OCH3 is 1. The molecule has 0 spiro atoms. The molecule has 1 N–H and O–H groups in total. The van der Waals surface area contributed by atoms with E-state index in [4.69, 9.17) is 16.3 Å². The van der Waals surface area contributed by atoms with E-state index < -0.39 is 17.7 Å². The van der Waals surface area contributed by atoms with E-state index >= 15 is 0 Å². The molecule has 26 heavy (non-hydrogen) atoms. The van der Waals surface area contributed by atoms with Gasteiger partial charge in [-0.15, -0.1) is 11.3 Å². The minimum absolute atomic E-state index is 0.0479. The van der Waals surface area contributed by atoms with Crippen LogP contribution in [0, 0.1) is 6.92 Å². The smallest absolute Gasteiger partial charge is 0.416 e. The van der Waals surface area contributed by atoms with E-state index in [9.17, 15) is 18.0 Å². The summed E-state index contributed by atoms with van der Waals surface area (Å²) < 4.78 is 43.6. The molecule has 0 saturated carbocycles. The Balaban J connectivity index is 2.10. The number of thiophene rings is 1. The number of hydrogen-bond acceptors (Lipinski definition) is 6. The molecule has 1 aromatic carbocycles. The fourth-order valence-electron chi connectivity index (χ4n) is 2.38. The molecule has 2 aromatic heterocycles. The molecule has 2 heterocycles. The van der Waals surface area contributed by atoms with E-state index in [2.05, 4.69) is 15.3 Å². The maximum absolute atomic E-state index is 12.9. The van der Waals surface area contributed by atoms with Gasteiger partial charge in [-0.2, -0.15) is 13.2 Å². The van der Waals surface area contributed by atoms with Crippen molar-refractivity contribution in [2.45, 2.75) is 13.1 Å². The molecule has 3 aromatic rings. The molecule has 0 aliphatic heterocycles. The van der Waals surface area contributed by atoms with Crippen LogP contribution >= 0.6 is 22.9 Å². The number of carbonyl (C=O) groups excluding carboxylic acids is 1. The highest BCUT2D eigenvalue weighted by molar-refractivity contribution is 7.20. The third kappa shape index (κ3) is 3.32. The predicted molar refractivity (Wildman–Crippen MR) is 93.2 cm³/mol. The van der Waals surface area contributed by atoms with Crippen LogP contribution in [-0.2, 0) is 10.9 Å². The minimum atomic E-state index is -4.50. The van der Waals surface area contributed by atoms with E-state index in [1.165, 1.54) is 13.4 Å². The quantitative estimate of drug-likeness (QED) is 0.611. The molecule has 0 unspecified atom stereocenters. The molecule has 0 fully saturated rings. The van der Waals surface area contributed by atoms with Gasteiger partial charge in [0.25, 0.3) is 0 Å². The fourth-order valence-corrected chi connectivity index (χ4v) is 3.61. The molecule has 0 aliphatic rings. The highest BCUT2D eigenvalue weighted by Crippen LogP contribution is 2.38. The Labute approximate surface area is 154 Å². The molecule has 136 valence electrons. The lowest BCUT2D eigenvalue weighted by Crippen LogP contribution is -2.06. The van der Waals surface area contributed by atoms with E-state index in [1.54, 1.807) is 6.92 Å². The lowest BCUT2D eigenvalue weighted by molar-refractivity contribution is -0.137. The Bertz CT molecular complexity index is 1000. The zero-order valence-electron chi connectivity index (χ0n) is 13.4. The maximum atomic E-state index is 12.9. The molecule has 0 atom stereocenters. The highest BCUT2D eigenvalue weighted by Gasteiger charge is 2.31. The lowest BCUT2D eigenvalue weighted by atomic mass is 10.1. The molecule has 0 bridgehead atoms. The summed E-state index contributed by atoms with van der Waals surface area (Å²) in [5.74, 6) is -0.270. The molecule has 0 aliphatic carbocycles. The zero-order chi connectivity index (χ0) is 19.1. The normalized spacial score (nSPS) is 11.6. The molecule has 0 saturated heterocycles. The second-order valence-electron chi connectivity index (χ2n) is 5.27. The van der Waals surface area contributed by atoms with Crippen molar-refractivity contribution in [2.24, 2.45) is 0 Å². The van der Waals surface area contributed by atoms with Crippen molar-refractivity contribution in [3.05, 3.63) is 45.6 Å². The number of ether oxygens (including phenoxy) is 1. The summed E-state index contributed by atoms with van der Waals surface area (Å²) in [6, 6.07) is 2.96. The van der Waals surface area contributed by atoms with Crippen molar-refractivity contribution in [1.29, 1.82) is 0 Å². The molecule has 3 rings (SSSR count). The van der Waals surface area contributed by atoms with Gasteiger partial charge >= 0.3 is 12.1 Å².